The van der Waals surface area contributed by atoms with Gasteiger partial charge < -0.3 is 10.2 Å². The van der Waals surface area contributed by atoms with Crippen molar-refractivity contribution >= 4 is 17.8 Å². The Kier molecular flexibility index (Phi) is 4.56. The maximum Gasteiger partial charge on any atom is 0.322 e. The minimum Gasteiger partial charge on any atom is -0.337 e. The van der Waals surface area contributed by atoms with Crippen molar-refractivity contribution in [2.24, 2.45) is 0 Å². The molecular formula is C16H21N5O4. The van der Waals surface area contributed by atoms with Gasteiger partial charge in [-0.3, -0.25) is 19.7 Å². The lowest BCUT2D eigenvalue weighted by Crippen LogP contribution is -2.55. The summed E-state index contributed by atoms with van der Waals surface area (Å²) in [6.45, 7) is 3.16. The van der Waals surface area contributed by atoms with Crippen LogP contribution in [0, 0.1) is 0 Å². The summed E-state index contributed by atoms with van der Waals surface area (Å²) in [5.74, 6) is -0.610. The van der Waals surface area contributed by atoms with Gasteiger partial charge in [0.1, 0.15) is 11.2 Å². The highest BCUT2D eigenvalue weighted by molar-refractivity contribution is 6.07. The van der Waals surface area contributed by atoms with Crippen LogP contribution in [0.25, 0.3) is 0 Å². The Morgan fingerprint density at radius 1 is 1.24 bits per heavy atom. The molecule has 0 atom stereocenters. The van der Waals surface area contributed by atoms with Gasteiger partial charge in [0.25, 0.3) is 17.4 Å². The Hall–Kier alpha value is -2.71. The number of aryl methyl sites for hydroxylation is 1. The van der Waals surface area contributed by atoms with Gasteiger partial charge in [0.15, 0.2) is 0 Å². The summed E-state index contributed by atoms with van der Waals surface area (Å²) in [6, 6.07) is 2.29. The predicted molar refractivity (Wildman–Crippen MR) is 87.9 cm³/mol. The van der Waals surface area contributed by atoms with Gasteiger partial charge in [0, 0.05) is 25.7 Å². The fourth-order valence-electron chi connectivity index (χ4n) is 3.16. The smallest absolute Gasteiger partial charge is 0.322 e. The lowest BCUT2D eigenvalue weighted by Gasteiger charge is -2.36. The van der Waals surface area contributed by atoms with Crippen LogP contribution in [0.4, 0.5) is 4.79 Å². The number of carbonyl (C=O) groups is 3. The minimum atomic E-state index is -0.915. The molecule has 0 aliphatic carbocycles. The summed E-state index contributed by atoms with van der Waals surface area (Å²) in [7, 11) is 0. The van der Waals surface area contributed by atoms with Crippen molar-refractivity contribution in [2.75, 3.05) is 13.1 Å². The molecule has 2 fully saturated rings. The first-order valence-electron chi connectivity index (χ1n) is 8.46. The lowest BCUT2D eigenvalue weighted by atomic mass is 9.87. The molecule has 3 heterocycles. The quantitative estimate of drug-likeness (QED) is 0.736. The van der Waals surface area contributed by atoms with E-state index in [9.17, 15) is 19.2 Å². The van der Waals surface area contributed by atoms with Crippen LogP contribution in [0.2, 0.25) is 0 Å². The molecule has 0 unspecified atom stereocenters. The number of nitrogens with zero attached hydrogens (tertiary/aromatic N) is 3. The Morgan fingerprint density at radius 3 is 2.56 bits per heavy atom. The molecule has 3 rings (SSSR count). The van der Waals surface area contributed by atoms with Crippen LogP contribution in [0.1, 0.15) is 43.1 Å². The largest absolute Gasteiger partial charge is 0.337 e. The van der Waals surface area contributed by atoms with Gasteiger partial charge in [-0.05, 0) is 25.3 Å². The topological polar surface area (TPSA) is 113 Å². The van der Waals surface area contributed by atoms with Crippen LogP contribution in [0.3, 0.4) is 0 Å². The summed E-state index contributed by atoms with van der Waals surface area (Å²) < 4.78 is 1.31. The first-order chi connectivity index (χ1) is 11.9. The number of aromatic nitrogens is 2. The highest BCUT2D eigenvalue weighted by Crippen LogP contribution is 2.26. The second-order valence-electron chi connectivity index (χ2n) is 6.42. The predicted octanol–water partition coefficient (Wildman–Crippen LogP) is -0.142. The van der Waals surface area contributed by atoms with E-state index in [4.69, 9.17) is 0 Å². The zero-order valence-corrected chi connectivity index (χ0v) is 14.1. The highest BCUT2D eigenvalue weighted by Gasteiger charge is 2.48. The van der Waals surface area contributed by atoms with E-state index >= 15 is 0 Å². The Balaban J connectivity index is 1.70. The maximum atomic E-state index is 12.6. The molecule has 2 aliphatic rings. The van der Waals surface area contributed by atoms with Crippen molar-refractivity contribution < 1.29 is 14.4 Å². The molecule has 4 amide bonds. The minimum absolute atomic E-state index is 0.214. The summed E-state index contributed by atoms with van der Waals surface area (Å²) in [4.78, 5) is 49.3. The van der Waals surface area contributed by atoms with Crippen molar-refractivity contribution in [3.05, 3.63) is 28.2 Å². The third kappa shape index (κ3) is 3.26. The number of imide groups is 1. The van der Waals surface area contributed by atoms with Crippen LogP contribution in [0.5, 0.6) is 0 Å². The Labute approximate surface area is 144 Å². The molecule has 25 heavy (non-hydrogen) atoms. The first-order valence-corrected chi connectivity index (χ1v) is 8.46. The monoisotopic (exact) mass is 347 g/mol. The third-order valence-corrected chi connectivity index (χ3v) is 4.73. The van der Waals surface area contributed by atoms with Crippen LogP contribution in [-0.2, 0) is 11.3 Å². The zero-order valence-electron chi connectivity index (χ0n) is 14.1. The molecule has 2 aliphatic heterocycles. The number of amides is 4. The highest BCUT2D eigenvalue weighted by atomic mass is 16.2. The van der Waals surface area contributed by atoms with Crippen molar-refractivity contribution in [1.82, 2.24) is 25.3 Å². The van der Waals surface area contributed by atoms with E-state index in [1.807, 2.05) is 6.92 Å². The van der Waals surface area contributed by atoms with E-state index in [1.54, 1.807) is 4.90 Å². The van der Waals surface area contributed by atoms with Crippen LogP contribution >= 0.6 is 0 Å². The number of hydrogen-bond donors (Lipinski definition) is 2. The van der Waals surface area contributed by atoms with Crippen molar-refractivity contribution in [2.45, 2.75) is 44.7 Å². The van der Waals surface area contributed by atoms with Gasteiger partial charge >= 0.3 is 6.03 Å². The van der Waals surface area contributed by atoms with Gasteiger partial charge in [-0.2, -0.15) is 5.10 Å². The van der Waals surface area contributed by atoms with E-state index in [2.05, 4.69) is 15.7 Å². The number of unbranched alkanes of at least 4 members (excludes halogenated alkanes) is 1. The number of hydrogen-bond acceptors (Lipinski definition) is 5. The van der Waals surface area contributed by atoms with E-state index in [-0.39, 0.29) is 23.1 Å². The number of nitrogens with one attached hydrogen (secondary N) is 2. The van der Waals surface area contributed by atoms with Gasteiger partial charge in [-0.15, -0.1) is 0 Å². The third-order valence-electron chi connectivity index (χ3n) is 4.73. The molecule has 9 nitrogen and oxygen atoms in total. The number of likely N-dealkylation sites (tertiary alicyclic amines) is 1. The summed E-state index contributed by atoms with van der Waals surface area (Å²) >= 11 is 0. The van der Waals surface area contributed by atoms with E-state index < -0.39 is 11.6 Å². The molecule has 2 N–H and O–H groups in total. The van der Waals surface area contributed by atoms with E-state index in [0.29, 0.717) is 32.5 Å². The fraction of sp³-hybridized carbons (Fsp3) is 0.562. The average Bonchev–Trinajstić information content (AvgIpc) is 2.87. The molecule has 134 valence electrons. The van der Waals surface area contributed by atoms with E-state index in [0.717, 1.165) is 12.8 Å². The van der Waals surface area contributed by atoms with Crippen molar-refractivity contribution in [1.29, 1.82) is 0 Å². The normalized spacial score (nSPS) is 19.0. The number of rotatable bonds is 4. The van der Waals surface area contributed by atoms with Gasteiger partial charge in [0.2, 0.25) is 0 Å². The second kappa shape index (κ2) is 6.66. The number of piperidine rings is 1. The van der Waals surface area contributed by atoms with Crippen LogP contribution in [0.15, 0.2) is 16.9 Å². The second-order valence-corrected chi connectivity index (χ2v) is 6.42. The van der Waals surface area contributed by atoms with Crippen molar-refractivity contribution in [3.63, 3.8) is 0 Å². The van der Waals surface area contributed by atoms with Gasteiger partial charge in [0.05, 0.1) is 0 Å². The number of urea groups is 1. The molecule has 0 saturated carbocycles. The van der Waals surface area contributed by atoms with Gasteiger partial charge in [-0.1, -0.05) is 13.3 Å². The molecule has 0 radical (unpaired) electrons. The lowest BCUT2D eigenvalue weighted by molar-refractivity contribution is -0.125. The van der Waals surface area contributed by atoms with Crippen LogP contribution in [-0.4, -0.2) is 51.2 Å². The first kappa shape index (κ1) is 17.1. The summed E-state index contributed by atoms with van der Waals surface area (Å²) in [5.41, 5.74) is -0.930. The Morgan fingerprint density at radius 2 is 1.96 bits per heavy atom. The zero-order chi connectivity index (χ0) is 18.0. The molecule has 2 saturated heterocycles. The Bertz CT molecular complexity index is 764. The summed E-state index contributed by atoms with van der Waals surface area (Å²) in [5, 5.41) is 9.07. The molecular weight excluding hydrogens is 326 g/mol. The average molecular weight is 347 g/mol. The fourth-order valence-corrected chi connectivity index (χ4v) is 3.16. The van der Waals surface area contributed by atoms with Crippen LogP contribution < -0.4 is 16.2 Å². The van der Waals surface area contributed by atoms with Crippen molar-refractivity contribution in [3.8, 4) is 0 Å². The number of carbonyl (C=O) groups excluding carboxylic acids is 3. The molecule has 0 aromatic carbocycles. The molecule has 1 aromatic heterocycles. The van der Waals surface area contributed by atoms with E-state index in [1.165, 1.54) is 16.8 Å². The molecule has 1 spiro atoms. The molecule has 0 bridgehead atoms. The summed E-state index contributed by atoms with van der Waals surface area (Å²) in [6.07, 6.45) is 2.44. The standard InChI is InChI=1S/C16H21N5O4/c1-2-3-8-21-12(22)5-4-11(19-21)13(23)20-9-6-16(7-10-20)14(24)17-15(25)18-16/h4-5H,2-3,6-10H2,1H3,(H2,17,18,24,25). The molecule has 1 aromatic rings. The maximum absolute atomic E-state index is 12.6. The van der Waals surface area contributed by atoms with Gasteiger partial charge in [-0.25, -0.2) is 9.48 Å². The SMILES string of the molecule is CCCCn1nc(C(=O)N2CCC3(CC2)NC(=O)NC3=O)ccc1=O. The molecule has 9 heteroatoms.